The molecule has 1 aromatic carbocycles. The van der Waals surface area contributed by atoms with E-state index in [4.69, 9.17) is 0 Å². The molecule has 0 bridgehead atoms. The minimum atomic E-state index is -1.07. The second-order valence-electron chi connectivity index (χ2n) is 4.51. The van der Waals surface area contributed by atoms with Crippen LogP contribution in [0.25, 0.3) is 16.9 Å². The zero-order valence-corrected chi connectivity index (χ0v) is 10.7. The normalized spacial score (nSPS) is 10.9. The lowest BCUT2D eigenvalue weighted by molar-refractivity contribution is 0.0690. The fourth-order valence-electron chi connectivity index (χ4n) is 2.22. The molecule has 4 nitrogen and oxygen atoms in total. The lowest BCUT2D eigenvalue weighted by Crippen LogP contribution is -2.03. The van der Waals surface area contributed by atoms with Gasteiger partial charge >= 0.3 is 5.97 Å². The largest absolute Gasteiger partial charge is 0.476 e. The summed E-state index contributed by atoms with van der Waals surface area (Å²) in [5.74, 6) is -1.44. The van der Waals surface area contributed by atoms with Crippen LogP contribution in [0, 0.1) is 12.7 Å². The van der Waals surface area contributed by atoms with Crippen molar-refractivity contribution in [2.24, 2.45) is 0 Å². The van der Waals surface area contributed by atoms with Crippen LogP contribution < -0.4 is 0 Å². The Kier molecular flexibility index (Phi) is 2.75. The van der Waals surface area contributed by atoms with Crippen LogP contribution in [0.15, 0.2) is 42.6 Å². The predicted octanol–water partition coefficient (Wildman–Crippen LogP) is 3.15. The molecule has 0 saturated heterocycles. The van der Waals surface area contributed by atoms with Crippen LogP contribution in [-0.2, 0) is 0 Å². The summed E-state index contributed by atoms with van der Waals surface area (Å²) < 4.78 is 14.5. The van der Waals surface area contributed by atoms with E-state index in [2.05, 4.69) is 4.98 Å². The maximum atomic E-state index is 13.0. The molecule has 0 amide bonds. The van der Waals surface area contributed by atoms with E-state index in [-0.39, 0.29) is 11.5 Å². The van der Waals surface area contributed by atoms with E-state index in [1.165, 1.54) is 28.7 Å². The Bertz CT molecular complexity index is 807. The second-order valence-corrected chi connectivity index (χ2v) is 4.51. The van der Waals surface area contributed by atoms with Crippen molar-refractivity contribution in [1.29, 1.82) is 0 Å². The Labute approximate surface area is 114 Å². The highest BCUT2D eigenvalue weighted by Gasteiger charge is 2.20. The molecule has 0 spiro atoms. The lowest BCUT2D eigenvalue weighted by Gasteiger charge is -2.00. The van der Waals surface area contributed by atoms with Crippen molar-refractivity contribution < 1.29 is 14.3 Å². The fraction of sp³-hybridized carbons (Fsp3) is 0.0667. The third-order valence-corrected chi connectivity index (χ3v) is 3.17. The molecule has 0 aliphatic rings. The van der Waals surface area contributed by atoms with Gasteiger partial charge in [-0.3, -0.25) is 4.40 Å². The summed E-state index contributed by atoms with van der Waals surface area (Å²) in [5.41, 5.74) is 2.46. The molecule has 20 heavy (non-hydrogen) atoms. The summed E-state index contributed by atoms with van der Waals surface area (Å²) in [5, 5.41) is 9.42. The van der Waals surface area contributed by atoms with Crippen LogP contribution in [0.1, 0.15) is 16.1 Å². The number of carboxylic acids is 1. The Morgan fingerprint density at radius 2 is 1.95 bits per heavy atom. The van der Waals surface area contributed by atoms with Gasteiger partial charge in [-0.1, -0.05) is 6.07 Å². The first-order chi connectivity index (χ1) is 9.58. The number of aryl methyl sites for hydroxylation is 1. The first-order valence-corrected chi connectivity index (χ1v) is 6.05. The van der Waals surface area contributed by atoms with E-state index in [0.717, 1.165) is 5.56 Å². The minimum absolute atomic E-state index is 0.0790. The molecule has 2 heterocycles. The molecule has 0 radical (unpaired) electrons. The number of fused-ring (bicyclic) bond motifs is 1. The van der Waals surface area contributed by atoms with Gasteiger partial charge in [-0.05, 0) is 42.8 Å². The van der Waals surface area contributed by atoms with E-state index in [0.29, 0.717) is 16.9 Å². The number of halogens is 1. The molecule has 0 fully saturated rings. The maximum absolute atomic E-state index is 13.0. The van der Waals surface area contributed by atoms with Crippen molar-refractivity contribution in [3.05, 3.63) is 59.7 Å². The van der Waals surface area contributed by atoms with Crippen molar-refractivity contribution in [2.75, 3.05) is 0 Å². The van der Waals surface area contributed by atoms with Crippen molar-refractivity contribution in [1.82, 2.24) is 9.38 Å². The molecule has 3 rings (SSSR count). The topological polar surface area (TPSA) is 54.6 Å². The van der Waals surface area contributed by atoms with Crippen molar-refractivity contribution in [2.45, 2.75) is 6.92 Å². The number of pyridine rings is 1. The number of rotatable bonds is 2. The number of imidazole rings is 1. The number of aromatic nitrogens is 2. The molecule has 0 aliphatic heterocycles. The van der Waals surface area contributed by atoms with Gasteiger partial charge in [0.1, 0.15) is 17.2 Å². The lowest BCUT2D eigenvalue weighted by atomic mass is 10.1. The van der Waals surface area contributed by atoms with Gasteiger partial charge in [0.2, 0.25) is 0 Å². The van der Waals surface area contributed by atoms with Crippen LogP contribution >= 0.6 is 0 Å². The van der Waals surface area contributed by atoms with Crippen LogP contribution in [0.2, 0.25) is 0 Å². The number of aromatic carboxylic acids is 1. The number of hydrogen-bond donors (Lipinski definition) is 1. The fourth-order valence-corrected chi connectivity index (χ4v) is 2.22. The number of hydrogen-bond acceptors (Lipinski definition) is 2. The van der Waals surface area contributed by atoms with Crippen molar-refractivity contribution in [3.63, 3.8) is 0 Å². The molecule has 3 aromatic rings. The zero-order chi connectivity index (χ0) is 14.3. The highest BCUT2D eigenvalue weighted by atomic mass is 19.1. The highest BCUT2D eigenvalue weighted by Crippen LogP contribution is 2.26. The SMILES string of the molecule is Cc1cccn2c(C(=O)O)c(-c3ccc(F)cc3)nc12. The van der Waals surface area contributed by atoms with Crippen LogP contribution in [-0.4, -0.2) is 20.5 Å². The second kappa shape index (κ2) is 4.45. The number of carbonyl (C=O) groups is 1. The Morgan fingerprint density at radius 1 is 1.25 bits per heavy atom. The van der Waals surface area contributed by atoms with Gasteiger partial charge in [-0.25, -0.2) is 14.2 Å². The smallest absolute Gasteiger partial charge is 0.355 e. The Morgan fingerprint density at radius 3 is 2.60 bits per heavy atom. The first kappa shape index (κ1) is 12.3. The summed E-state index contributed by atoms with van der Waals surface area (Å²) in [6.45, 7) is 1.86. The number of nitrogens with zero attached hydrogens (tertiary/aromatic N) is 2. The molecular formula is C15H11FN2O2. The third kappa shape index (κ3) is 1.84. The Balaban J connectivity index is 2.35. The van der Waals surface area contributed by atoms with E-state index < -0.39 is 5.97 Å². The zero-order valence-electron chi connectivity index (χ0n) is 10.7. The molecule has 0 unspecified atom stereocenters. The summed E-state index contributed by atoms with van der Waals surface area (Å²) >= 11 is 0. The van der Waals surface area contributed by atoms with Gasteiger partial charge in [0.15, 0.2) is 5.69 Å². The minimum Gasteiger partial charge on any atom is -0.476 e. The van der Waals surface area contributed by atoms with E-state index >= 15 is 0 Å². The monoisotopic (exact) mass is 270 g/mol. The molecule has 100 valence electrons. The molecular weight excluding hydrogens is 259 g/mol. The molecule has 2 aromatic heterocycles. The number of carboxylic acid groups (broad SMARTS) is 1. The number of benzene rings is 1. The molecule has 5 heteroatoms. The third-order valence-electron chi connectivity index (χ3n) is 3.17. The van der Waals surface area contributed by atoms with E-state index in [1.807, 2.05) is 13.0 Å². The van der Waals surface area contributed by atoms with Crippen LogP contribution in [0.4, 0.5) is 4.39 Å². The summed E-state index contributed by atoms with van der Waals surface area (Å²) in [7, 11) is 0. The van der Waals surface area contributed by atoms with E-state index in [1.54, 1.807) is 12.3 Å². The molecule has 0 atom stereocenters. The van der Waals surface area contributed by atoms with Gasteiger partial charge in [-0.15, -0.1) is 0 Å². The van der Waals surface area contributed by atoms with Gasteiger partial charge < -0.3 is 5.11 Å². The van der Waals surface area contributed by atoms with Gasteiger partial charge in [0.25, 0.3) is 0 Å². The first-order valence-electron chi connectivity index (χ1n) is 6.05. The summed E-state index contributed by atoms with van der Waals surface area (Å²) in [4.78, 5) is 15.9. The standard InChI is InChI=1S/C15H11FN2O2/c1-9-3-2-8-18-13(15(19)20)12(17-14(9)18)10-4-6-11(16)7-5-10/h2-8H,1H3,(H,19,20). The molecule has 0 saturated carbocycles. The van der Waals surface area contributed by atoms with Crippen molar-refractivity contribution in [3.8, 4) is 11.3 Å². The van der Waals surface area contributed by atoms with Crippen LogP contribution in [0.5, 0.6) is 0 Å². The van der Waals surface area contributed by atoms with Crippen molar-refractivity contribution >= 4 is 11.6 Å². The predicted molar refractivity (Wildman–Crippen MR) is 72.3 cm³/mol. The summed E-state index contributed by atoms with van der Waals surface area (Å²) in [6, 6.07) is 9.26. The quantitative estimate of drug-likeness (QED) is 0.778. The van der Waals surface area contributed by atoms with E-state index in [9.17, 15) is 14.3 Å². The maximum Gasteiger partial charge on any atom is 0.355 e. The Hall–Kier alpha value is -2.69. The van der Waals surface area contributed by atoms with Gasteiger partial charge in [-0.2, -0.15) is 0 Å². The average molecular weight is 270 g/mol. The summed E-state index contributed by atoms with van der Waals surface area (Å²) in [6.07, 6.45) is 1.66. The molecule has 1 N–H and O–H groups in total. The highest BCUT2D eigenvalue weighted by molar-refractivity contribution is 5.94. The average Bonchev–Trinajstić information content (AvgIpc) is 2.80. The molecule has 0 aliphatic carbocycles. The van der Waals surface area contributed by atoms with Gasteiger partial charge in [0.05, 0.1) is 0 Å². The van der Waals surface area contributed by atoms with Crippen LogP contribution in [0.3, 0.4) is 0 Å². The van der Waals surface area contributed by atoms with Gasteiger partial charge in [0, 0.05) is 11.8 Å².